The van der Waals surface area contributed by atoms with Gasteiger partial charge in [0.2, 0.25) is 5.91 Å². The summed E-state index contributed by atoms with van der Waals surface area (Å²) in [5, 5.41) is 0. The molecule has 1 amide bonds. The van der Waals surface area contributed by atoms with Gasteiger partial charge in [-0.15, -0.1) is 6.58 Å². The van der Waals surface area contributed by atoms with Gasteiger partial charge in [-0.3, -0.25) is 4.79 Å². The number of methoxy groups -OCH3 is 2. The first kappa shape index (κ1) is 26.4. The Hall–Kier alpha value is -4.26. The van der Waals surface area contributed by atoms with Gasteiger partial charge in [0, 0.05) is 32.0 Å². The summed E-state index contributed by atoms with van der Waals surface area (Å²) in [6.07, 6.45) is 3.91. The van der Waals surface area contributed by atoms with Crippen LogP contribution >= 0.6 is 0 Å². The highest BCUT2D eigenvalue weighted by atomic mass is 16.5. The molecule has 2 heterocycles. The van der Waals surface area contributed by atoms with Crippen molar-refractivity contribution in [2.45, 2.75) is 38.3 Å². The van der Waals surface area contributed by atoms with E-state index in [9.17, 15) is 4.79 Å². The number of fused-ring (bicyclic) bond motifs is 1. The average Bonchev–Trinajstić information content (AvgIpc) is 3.52. The number of allylic oxidation sites excluding steroid dienone is 1. The molecule has 202 valence electrons. The summed E-state index contributed by atoms with van der Waals surface area (Å²) in [6.45, 7) is 6.32. The highest BCUT2D eigenvalue weighted by molar-refractivity contribution is 5.81. The predicted octanol–water partition coefficient (Wildman–Crippen LogP) is 5.77. The Morgan fingerprint density at radius 2 is 1.79 bits per heavy atom. The van der Waals surface area contributed by atoms with Crippen LogP contribution in [0.5, 0.6) is 17.2 Å². The number of ether oxygens (including phenoxy) is 3. The third-order valence-electron chi connectivity index (χ3n) is 7.19. The van der Waals surface area contributed by atoms with Gasteiger partial charge in [-0.1, -0.05) is 36.4 Å². The van der Waals surface area contributed by atoms with E-state index >= 15 is 0 Å². The van der Waals surface area contributed by atoms with Crippen LogP contribution in [-0.2, 0) is 24.3 Å². The molecule has 7 nitrogen and oxygen atoms in total. The SMILES string of the molecule is C=CCc1ccc(OCCCn2c(C3CC(=O)N(Cc4ccc(OC)cc4)C3)nc3ccccc32)c(OC)c1. The Kier molecular flexibility index (Phi) is 8.16. The van der Waals surface area contributed by atoms with Crippen LogP contribution in [0.4, 0.5) is 0 Å². The summed E-state index contributed by atoms with van der Waals surface area (Å²) in [7, 11) is 3.31. The number of likely N-dealkylation sites (tertiary alicyclic amines) is 1. The van der Waals surface area contributed by atoms with Gasteiger partial charge in [0.1, 0.15) is 11.6 Å². The van der Waals surface area contributed by atoms with Crippen LogP contribution in [-0.4, -0.2) is 47.7 Å². The molecule has 1 saturated heterocycles. The van der Waals surface area contributed by atoms with Crippen molar-refractivity contribution in [3.05, 3.63) is 96.3 Å². The fourth-order valence-corrected chi connectivity index (χ4v) is 5.22. The van der Waals surface area contributed by atoms with Crippen molar-refractivity contribution in [1.82, 2.24) is 14.5 Å². The predicted molar refractivity (Wildman–Crippen MR) is 153 cm³/mol. The molecule has 0 bridgehead atoms. The Labute approximate surface area is 229 Å². The Morgan fingerprint density at radius 1 is 1.00 bits per heavy atom. The number of carbonyl (C=O) groups is 1. The number of carbonyl (C=O) groups excluding carboxylic acids is 1. The number of aryl methyl sites for hydroxylation is 1. The summed E-state index contributed by atoms with van der Waals surface area (Å²) in [4.78, 5) is 19.9. The largest absolute Gasteiger partial charge is 0.497 e. The lowest BCUT2D eigenvalue weighted by molar-refractivity contribution is -0.128. The van der Waals surface area contributed by atoms with Crippen LogP contribution in [0.15, 0.2) is 79.4 Å². The molecule has 1 aliphatic heterocycles. The number of aromatic nitrogens is 2. The lowest BCUT2D eigenvalue weighted by atomic mass is 10.1. The van der Waals surface area contributed by atoms with Crippen LogP contribution in [0.1, 0.15) is 35.7 Å². The second-order valence-corrected chi connectivity index (χ2v) is 9.81. The topological polar surface area (TPSA) is 65.8 Å². The first-order chi connectivity index (χ1) is 19.1. The van der Waals surface area contributed by atoms with Crippen molar-refractivity contribution in [2.75, 3.05) is 27.4 Å². The molecule has 4 aromatic rings. The number of imidazole rings is 1. The molecule has 1 aromatic heterocycles. The summed E-state index contributed by atoms with van der Waals surface area (Å²) in [5.74, 6) is 3.44. The number of rotatable bonds is 12. The summed E-state index contributed by atoms with van der Waals surface area (Å²) < 4.78 is 19.2. The molecule has 1 unspecified atom stereocenters. The zero-order chi connectivity index (χ0) is 27.2. The number of nitrogens with zero attached hydrogens (tertiary/aromatic N) is 3. The van der Waals surface area contributed by atoms with E-state index in [1.54, 1.807) is 14.2 Å². The van der Waals surface area contributed by atoms with Gasteiger partial charge in [-0.2, -0.15) is 0 Å². The normalized spacial score (nSPS) is 15.1. The van der Waals surface area contributed by atoms with E-state index in [4.69, 9.17) is 19.2 Å². The molecule has 1 aliphatic rings. The second kappa shape index (κ2) is 12.1. The first-order valence-electron chi connectivity index (χ1n) is 13.4. The van der Waals surface area contributed by atoms with Gasteiger partial charge in [0.15, 0.2) is 11.5 Å². The molecule has 0 aliphatic carbocycles. The molecule has 0 spiro atoms. The van der Waals surface area contributed by atoms with Crippen LogP contribution < -0.4 is 14.2 Å². The molecule has 0 N–H and O–H groups in total. The Bertz CT molecular complexity index is 1440. The highest BCUT2D eigenvalue weighted by Crippen LogP contribution is 2.32. The highest BCUT2D eigenvalue weighted by Gasteiger charge is 2.34. The molecular weight excluding hydrogens is 490 g/mol. The van der Waals surface area contributed by atoms with Crippen molar-refractivity contribution in [1.29, 1.82) is 0 Å². The minimum absolute atomic E-state index is 0.0431. The number of hydrogen-bond donors (Lipinski definition) is 0. The van der Waals surface area contributed by atoms with Gasteiger partial charge in [0.05, 0.1) is 31.9 Å². The molecule has 1 atom stereocenters. The minimum Gasteiger partial charge on any atom is -0.497 e. The molecular formula is C32H35N3O4. The third kappa shape index (κ3) is 5.93. The summed E-state index contributed by atoms with van der Waals surface area (Å²) in [6, 6.07) is 22.0. The van der Waals surface area contributed by atoms with Crippen LogP contribution in [0.2, 0.25) is 0 Å². The lowest BCUT2D eigenvalue weighted by Crippen LogP contribution is -2.24. The second-order valence-electron chi connectivity index (χ2n) is 9.81. The molecule has 0 radical (unpaired) electrons. The van der Waals surface area contributed by atoms with Crippen molar-refractivity contribution < 1.29 is 19.0 Å². The fourth-order valence-electron chi connectivity index (χ4n) is 5.22. The van der Waals surface area contributed by atoms with E-state index in [0.29, 0.717) is 26.1 Å². The number of hydrogen-bond acceptors (Lipinski definition) is 5. The summed E-state index contributed by atoms with van der Waals surface area (Å²) >= 11 is 0. The maximum Gasteiger partial charge on any atom is 0.223 e. The maximum absolute atomic E-state index is 13.0. The molecule has 3 aromatic carbocycles. The van der Waals surface area contributed by atoms with Crippen LogP contribution in [0.25, 0.3) is 11.0 Å². The zero-order valence-electron chi connectivity index (χ0n) is 22.6. The van der Waals surface area contributed by atoms with E-state index in [1.165, 1.54) is 0 Å². The van der Waals surface area contributed by atoms with Crippen LogP contribution in [0.3, 0.4) is 0 Å². The minimum atomic E-state index is 0.0431. The number of para-hydroxylation sites is 2. The van der Waals surface area contributed by atoms with E-state index in [0.717, 1.165) is 64.6 Å². The van der Waals surface area contributed by atoms with Gasteiger partial charge in [-0.05, 0) is 60.4 Å². The maximum atomic E-state index is 13.0. The van der Waals surface area contributed by atoms with Crippen LogP contribution in [0, 0.1) is 0 Å². The van der Waals surface area contributed by atoms with Crippen molar-refractivity contribution in [3.63, 3.8) is 0 Å². The average molecular weight is 526 g/mol. The number of amides is 1. The summed E-state index contributed by atoms with van der Waals surface area (Å²) in [5.41, 5.74) is 4.26. The van der Waals surface area contributed by atoms with E-state index in [1.807, 2.05) is 71.6 Å². The molecule has 7 heteroatoms. The van der Waals surface area contributed by atoms with Gasteiger partial charge < -0.3 is 23.7 Å². The van der Waals surface area contributed by atoms with Gasteiger partial charge >= 0.3 is 0 Å². The Morgan fingerprint density at radius 3 is 2.56 bits per heavy atom. The van der Waals surface area contributed by atoms with Crippen molar-refractivity contribution in [2.24, 2.45) is 0 Å². The van der Waals surface area contributed by atoms with E-state index in [-0.39, 0.29) is 11.8 Å². The molecule has 39 heavy (non-hydrogen) atoms. The third-order valence-corrected chi connectivity index (χ3v) is 7.19. The van der Waals surface area contributed by atoms with Crippen molar-refractivity contribution >= 4 is 16.9 Å². The molecule has 1 fully saturated rings. The quantitative estimate of drug-likeness (QED) is 0.174. The fraction of sp³-hybridized carbons (Fsp3) is 0.312. The number of benzene rings is 3. The molecule has 0 saturated carbocycles. The van der Waals surface area contributed by atoms with Crippen molar-refractivity contribution in [3.8, 4) is 17.2 Å². The Balaban J connectivity index is 1.27. The van der Waals surface area contributed by atoms with E-state index in [2.05, 4.69) is 17.2 Å². The lowest BCUT2D eigenvalue weighted by Gasteiger charge is -2.18. The van der Waals surface area contributed by atoms with E-state index < -0.39 is 0 Å². The zero-order valence-corrected chi connectivity index (χ0v) is 22.6. The van der Waals surface area contributed by atoms with Gasteiger partial charge in [0.25, 0.3) is 0 Å². The van der Waals surface area contributed by atoms with Gasteiger partial charge in [-0.25, -0.2) is 4.98 Å². The first-order valence-corrected chi connectivity index (χ1v) is 13.4. The molecule has 5 rings (SSSR count). The standard InChI is InChI=1S/C32H35N3O4/c1-4-8-23-13-16-29(30(19-23)38-3)39-18-7-17-35-28-10-6-5-9-27(28)33-32(35)25-20-31(36)34(22-25)21-24-11-14-26(37-2)15-12-24/h4-6,9-16,19,25H,1,7-8,17-18,20-22H2,2-3H3. The smallest absolute Gasteiger partial charge is 0.223 e. The monoisotopic (exact) mass is 525 g/mol.